The summed E-state index contributed by atoms with van der Waals surface area (Å²) < 4.78 is 28.7. The fourth-order valence-electron chi connectivity index (χ4n) is 3.87. The first-order valence-electron chi connectivity index (χ1n) is 10.9. The molecule has 3 aromatic carbocycles. The SMILES string of the molecule is CC(=O)c1cccc(S(=O)(=O)N(Cc2ccccc2)Cc2cc3cc(C)c(C)cc3[nH]c2=O)c1. The van der Waals surface area contributed by atoms with Gasteiger partial charge in [-0.2, -0.15) is 4.31 Å². The van der Waals surface area contributed by atoms with Crippen molar-refractivity contribution in [2.45, 2.75) is 38.8 Å². The molecule has 0 aliphatic carbocycles. The third kappa shape index (κ3) is 4.85. The summed E-state index contributed by atoms with van der Waals surface area (Å²) in [6.07, 6.45) is 0. The number of pyridine rings is 1. The van der Waals surface area contributed by atoms with E-state index in [0.717, 1.165) is 22.1 Å². The molecule has 0 spiro atoms. The highest BCUT2D eigenvalue weighted by Gasteiger charge is 2.26. The maximum Gasteiger partial charge on any atom is 0.252 e. The molecule has 0 fully saturated rings. The number of nitrogens with zero attached hydrogens (tertiary/aromatic N) is 1. The van der Waals surface area contributed by atoms with Crippen LogP contribution in [0.25, 0.3) is 10.9 Å². The molecule has 0 radical (unpaired) electrons. The van der Waals surface area contributed by atoms with Gasteiger partial charge in [0.1, 0.15) is 0 Å². The van der Waals surface area contributed by atoms with Crippen LogP contribution in [0.4, 0.5) is 0 Å². The van der Waals surface area contributed by atoms with E-state index in [9.17, 15) is 18.0 Å². The lowest BCUT2D eigenvalue weighted by Gasteiger charge is -2.23. The third-order valence-electron chi connectivity index (χ3n) is 5.96. The molecule has 1 heterocycles. The van der Waals surface area contributed by atoms with E-state index in [1.807, 2.05) is 56.3 Å². The Morgan fingerprint density at radius 3 is 2.29 bits per heavy atom. The van der Waals surface area contributed by atoms with Gasteiger partial charge in [0, 0.05) is 29.7 Å². The molecule has 0 atom stereocenters. The number of hydrogen-bond donors (Lipinski definition) is 1. The van der Waals surface area contributed by atoms with Gasteiger partial charge in [-0.3, -0.25) is 9.59 Å². The van der Waals surface area contributed by atoms with Crippen LogP contribution in [0.5, 0.6) is 0 Å². The highest BCUT2D eigenvalue weighted by Crippen LogP contribution is 2.23. The van der Waals surface area contributed by atoms with E-state index in [2.05, 4.69) is 4.98 Å². The minimum absolute atomic E-state index is 0.0137. The van der Waals surface area contributed by atoms with Crippen molar-refractivity contribution < 1.29 is 13.2 Å². The number of H-pyrrole nitrogens is 1. The highest BCUT2D eigenvalue weighted by molar-refractivity contribution is 7.89. The average Bonchev–Trinajstić information content (AvgIpc) is 2.81. The normalized spacial score (nSPS) is 11.8. The summed E-state index contributed by atoms with van der Waals surface area (Å²) in [6, 6.07) is 20.9. The minimum Gasteiger partial charge on any atom is -0.322 e. The van der Waals surface area contributed by atoms with Crippen LogP contribution in [-0.4, -0.2) is 23.5 Å². The Hall–Kier alpha value is -3.55. The first-order chi connectivity index (χ1) is 16.1. The van der Waals surface area contributed by atoms with Crippen LogP contribution >= 0.6 is 0 Å². The van der Waals surface area contributed by atoms with Gasteiger partial charge in [-0.05, 0) is 73.2 Å². The minimum atomic E-state index is -4.01. The number of Topliss-reactive ketones (excluding diaryl/α,β-unsaturated/α-hetero) is 1. The quantitative estimate of drug-likeness (QED) is 0.392. The van der Waals surface area contributed by atoms with Crippen LogP contribution in [0, 0.1) is 13.8 Å². The number of aromatic amines is 1. The van der Waals surface area contributed by atoms with Gasteiger partial charge in [0.2, 0.25) is 10.0 Å². The van der Waals surface area contributed by atoms with E-state index >= 15 is 0 Å². The lowest BCUT2D eigenvalue weighted by molar-refractivity contribution is 0.101. The second kappa shape index (κ2) is 9.37. The van der Waals surface area contributed by atoms with Crippen molar-refractivity contribution in [2.75, 3.05) is 0 Å². The van der Waals surface area contributed by atoms with E-state index < -0.39 is 10.0 Å². The Labute approximate surface area is 198 Å². The molecule has 174 valence electrons. The van der Waals surface area contributed by atoms with Gasteiger partial charge in [0.15, 0.2) is 5.78 Å². The molecule has 0 unspecified atom stereocenters. The second-order valence-corrected chi connectivity index (χ2v) is 10.4. The van der Waals surface area contributed by atoms with E-state index in [-0.39, 0.29) is 29.3 Å². The molecule has 6 nitrogen and oxygen atoms in total. The zero-order valence-corrected chi connectivity index (χ0v) is 20.1. The van der Waals surface area contributed by atoms with E-state index in [4.69, 9.17) is 0 Å². The highest BCUT2D eigenvalue weighted by atomic mass is 32.2. The van der Waals surface area contributed by atoms with Crippen LogP contribution in [0.3, 0.4) is 0 Å². The van der Waals surface area contributed by atoms with Crippen molar-refractivity contribution >= 4 is 26.7 Å². The average molecular weight is 475 g/mol. The lowest BCUT2D eigenvalue weighted by Crippen LogP contribution is -2.32. The molecular weight excluding hydrogens is 448 g/mol. The summed E-state index contributed by atoms with van der Waals surface area (Å²) in [6.45, 7) is 5.33. The number of ketones is 1. The van der Waals surface area contributed by atoms with Crippen molar-refractivity contribution in [1.82, 2.24) is 9.29 Å². The molecule has 4 rings (SSSR count). The van der Waals surface area contributed by atoms with Gasteiger partial charge in [0.05, 0.1) is 4.90 Å². The van der Waals surface area contributed by atoms with Crippen molar-refractivity contribution in [3.63, 3.8) is 0 Å². The van der Waals surface area contributed by atoms with E-state index in [0.29, 0.717) is 16.6 Å². The number of aryl methyl sites for hydroxylation is 2. The van der Waals surface area contributed by atoms with Crippen molar-refractivity contribution in [3.05, 3.63) is 111 Å². The lowest BCUT2D eigenvalue weighted by atomic mass is 10.0. The van der Waals surface area contributed by atoms with Gasteiger partial charge in [-0.1, -0.05) is 42.5 Å². The number of sulfonamides is 1. The van der Waals surface area contributed by atoms with Crippen molar-refractivity contribution in [2.24, 2.45) is 0 Å². The topological polar surface area (TPSA) is 87.3 Å². The monoisotopic (exact) mass is 474 g/mol. The smallest absolute Gasteiger partial charge is 0.252 e. The Balaban J connectivity index is 1.80. The molecule has 34 heavy (non-hydrogen) atoms. The fraction of sp³-hybridized carbons (Fsp3) is 0.185. The number of benzene rings is 3. The Kier molecular flexibility index (Phi) is 6.50. The summed E-state index contributed by atoms with van der Waals surface area (Å²) >= 11 is 0. The summed E-state index contributed by atoms with van der Waals surface area (Å²) in [5.41, 5.74) is 3.98. The van der Waals surface area contributed by atoms with Crippen LogP contribution in [0.1, 0.15) is 39.5 Å². The summed E-state index contributed by atoms with van der Waals surface area (Å²) in [5, 5.41) is 0.841. The van der Waals surface area contributed by atoms with Gasteiger partial charge < -0.3 is 4.98 Å². The standard InChI is InChI=1S/C27H26N2O4S/c1-18-12-23-14-24(27(31)28-26(23)13-19(18)2)17-29(16-21-8-5-4-6-9-21)34(32,33)25-11-7-10-22(15-25)20(3)30/h4-15H,16-17H2,1-3H3,(H,28,31). The molecular formula is C27H26N2O4S. The molecule has 4 aromatic rings. The van der Waals surface area contributed by atoms with Crippen LogP contribution < -0.4 is 5.56 Å². The molecule has 0 amide bonds. The van der Waals surface area contributed by atoms with Crippen LogP contribution in [-0.2, 0) is 23.1 Å². The maximum atomic E-state index is 13.7. The number of hydrogen-bond acceptors (Lipinski definition) is 4. The van der Waals surface area contributed by atoms with Crippen molar-refractivity contribution in [1.29, 1.82) is 0 Å². The molecule has 7 heteroatoms. The zero-order chi connectivity index (χ0) is 24.5. The van der Waals surface area contributed by atoms with Gasteiger partial charge in [0.25, 0.3) is 5.56 Å². The van der Waals surface area contributed by atoms with Gasteiger partial charge in [-0.15, -0.1) is 0 Å². The molecule has 0 aliphatic rings. The Morgan fingerprint density at radius 1 is 0.882 bits per heavy atom. The fourth-order valence-corrected chi connectivity index (χ4v) is 5.32. The molecule has 0 bridgehead atoms. The summed E-state index contributed by atoms with van der Waals surface area (Å²) in [5.74, 6) is -0.219. The van der Waals surface area contributed by atoms with E-state index in [1.54, 1.807) is 18.2 Å². The second-order valence-electron chi connectivity index (χ2n) is 8.49. The molecule has 1 N–H and O–H groups in total. The largest absolute Gasteiger partial charge is 0.322 e. The van der Waals surface area contributed by atoms with Crippen LogP contribution in [0.2, 0.25) is 0 Å². The molecule has 0 saturated heterocycles. The van der Waals surface area contributed by atoms with Crippen molar-refractivity contribution in [3.8, 4) is 0 Å². The first kappa shape index (κ1) is 23.6. The predicted molar refractivity (Wildman–Crippen MR) is 133 cm³/mol. The Bertz CT molecular complexity index is 1540. The number of nitrogens with one attached hydrogen (secondary N) is 1. The number of carbonyl (C=O) groups is 1. The van der Waals surface area contributed by atoms with Crippen LogP contribution in [0.15, 0.2) is 82.5 Å². The third-order valence-corrected chi connectivity index (χ3v) is 7.75. The summed E-state index contributed by atoms with van der Waals surface area (Å²) in [7, 11) is -4.01. The predicted octanol–water partition coefficient (Wildman–Crippen LogP) is 4.74. The first-order valence-corrected chi connectivity index (χ1v) is 12.4. The van der Waals surface area contributed by atoms with Gasteiger partial charge >= 0.3 is 0 Å². The maximum absolute atomic E-state index is 13.7. The Morgan fingerprint density at radius 2 is 1.59 bits per heavy atom. The van der Waals surface area contributed by atoms with Gasteiger partial charge in [-0.25, -0.2) is 8.42 Å². The number of aromatic nitrogens is 1. The molecule has 1 aromatic heterocycles. The number of fused-ring (bicyclic) bond motifs is 1. The zero-order valence-electron chi connectivity index (χ0n) is 19.3. The number of rotatable bonds is 7. The molecule has 0 aliphatic heterocycles. The summed E-state index contributed by atoms with van der Waals surface area (Å²) in [4.78, 5) is 27.6. The van der Waals surface area contributed by atoms with E-state index in [1.165, 1.54) is 23.4 Å². The molecule has 0 saturated carbocycles. The number of carbonyl (C=O) groups excluding carboxylic acids is 1.